The summed E-state index contributed by atoms with van der Waals surface area (Å²) < 4.78 is 21.7. The summed E-state index contributed by atoms with van der Waals surface area (Å²) in [7, 11) is 0. The largest absolute Gasteiger partial charge is 0.454 e. The van der Waals surface area contributed by atoms with Crippen molar-refractivity contribution in [3.05, 3.63) is 23.8 Å². The Kier molecular flexibility index (Phi) is 5.44. The van der Waals surface area contributed by atoms with Crippen molar-refractivity contribution in [3.63, 3.8) is 0 Å². The molecule has 0 aliphatic carbocycles. The molecule has 5 nitrogen and oxygen atoms in total. The van der Waals surface area contributed by atoms with E-state index < -0.39 is 0 Å². The second-order valence-electron chi connectivity index (χ2n) is 4.34. The van der Waals surface area contributed by atoms with Crippen LogP contribution in [0.15, 0.2) is 18.2 Å². The van der Waals surface area contributed by atoms with Gasteiger partial charge in [0.2, 0.25) is 6.79 Å². The number of fused-ring (bicyclic) bond motifs is 1. The molecule has 0 amide bonds. The first-order valence-corrected chi connectivity index (χ1v) is 6.61. The molecule has 1 aromatic carbocycles. The maximum absolute atomic E-state index is 5.63. The second kappa shape index (κ2) is 7.33. The summed E-state index contributed by atoms with van der Waals surface area (Å²) in [6, 6.07) is 5.84. The molecule has 106 valence electrons. The first-order valence-electron chi connectivity index (χ1n) is 6.61. The fourth-order valence-electron chi connectivity index (χ4n) is 1.94. The predicted molar refractivity (Wildman–Crippen MR) is 71.3 cm³/mol. The van der Waals surface area contributed by atoms with Crippen molar-refractivity contribution in [2.75, 3.05) is 26.6 Å². The van der Waals surface area contributed by atoms with Gasteiger partial charge in [-0.2, -0.15) is 0 Å². The van der Waals surface area contributed by atoms with Gasteiger partial charge in [0.15, 0.2) is 11.5 Å². The van der Waals surface area contributed by atoms with E-state index in [-0.39, 0.29) is 6.10 Å². The highest BCUT2D eigenvalue weighted by molar-refractivity contribution is 5.44. The molecule has 0 fully saturated rings. The lowest BCUT2D eigenvalue weighted by atomic mass is 10.2. The number of hydrogen-bond acceptors (Lipinski definition) is 5. The van der Waals surface area contributed by atoms with E-state index in [1.165, 1.54) is 0 Å². The zero-order valence-corrected chi connectivity index (χ0v) is 11.3. The van der Waals surface area contributed by atoms with Crippen LogP contribution >= 0.6 is 0 Å². The van der Waals surface area contributed by atoms with E-state index in [1.807, 2.05) is 25.1 Å². The maximum Gasteiger partial charge on any atom is 0.231 e. The molecule has 1 unspecified atom stereocenters. The lowest BCUT2D eigenvalue weighted by Gasteiger charge is -2.14. The lowest BCUT2D eigenvalue weighted by Crippen LogP contribution is -2.25. The summed E-state index contributed by atoms with van der Waals surface area (Å²) in [5, 5.41) is 0. The Morgan fingerprint density at radius 3 is 2.95 bits per heavy atom. The third-order valence-corrected chi connectivity index (χ3v) is 2.96. The van der Waals surface area contributed by atoms with Crippen LogP contribution in [-0.2, 0) is 16.1 Å². The fraction of sp³-hybridized carbons (Fsp3) is 0.571. The lowest BCUT2D eigenvalue weighted by molar-refractivity contribution is 0.0289. The van der Waals surface area contributed by atoms with Gasteiger partial charge in [-0.15, -0.1) is 0 Å². The number of ether oxygens (including phenoxy) is 4. The Hall–Kier alpha value is -1.30. The highest BCUT2D eigenvalue weighted by Crippen LogP contribution is 2.32. The average Bonchev–Trinajstić information content (AvgIpc) is 2.89. The van der Waals surface area contributed by atoms with E-state index in [2.05, 4.69) is 0 Å². The SMILES string of the molecule is CCOC(CN)CCOCc1ccc2c(c1)OCO2. The van der Waals surface area contributed by atoms with E-state index in [0.29, 0.717) is 33.2 Å². The molecule has 1 aromatic rings. The highest BCUT2D eigenvalue weighted by atomic mass is 16.7. The van der Waals surface area contributed by atoms with E-state index >= 15 is 0 Å². The molecule has 0 bridgehead atoms. The minimum Gasteiger partial charge on any atom is -0.454 e. The molecular formula is C14H21NO4. The van der Waals surface area contributed by atoms with Gasteiger partial charge in [-0.1, -0.05) is 6.07 Å². The third-order valence-electron chi connectivity index (χ3n) is 2.96. The molecule has 0 aromatic heterocycles. The predicted octanol–water partition coefficient (Wildman–Crippen LogP) is 1.69. The standard InChI is InChI=1S/C14H21NO4/c1-2-17-12(8-15)5-6-16-9-11-3-4-13-14(7-11)19-10-18-13/h3-4,7,12H,2,5-6,8-10,15H2,1H3. The van der Waals surface area contributed by atoms with Gasteiger partial charge in [0.25, 0.3) is 0 Å². The van der Waals surface area contributed by atoms with Crippen LogP contribution in [0.4, 0.5) is 0 Å². The van der Waals surface area contributed by atoms with E-state index in [1.54, 1.807) is 0 Å². The number of nitrogens with two attached hydrogens (primary N) is 1. The van der Waals surface area contributed by atoms with Gasteiger partial charge in [-0.05, 0) is 31.0 Å². The quantitative estimate of drug-likeness (QED) is 0.726. The van der Waals surface area contributed by atoms with Crippen LogP contribution in [0.2, 0.25) is 0 Å². The van der Waals surface area contributed by atoms with Crippen molar-refractivity contribution in [1.82, 2.24) is 0 Å². The molecule has 2 N–H and O–H groups in total. The molecule has 19 heavy (non-hydrogen) atoms. The average molecular weight is 267 g/mol. The number of benzene rings is 1. The molecule has 1 atom stereocenters. The Bertz CT molecular complexity index is 397. The molecule has 1 aliphatic rings. The third kappa shape index (κ3) is 4.09. The molecule has 1 heterocycles. The zero-order valence-electron chi connectivity index (χ0n) is 11.3. The van der Waals surface area contributed by atoms with Crippen molar-refractivity contribution in [2.24, 2.45) is 5.73 Å². The minimum atomic E-state index is 0.0850. The van der Waals surface area contributed by atoms with Gasteiger partial charge in [0, 0.05) is 19.8 Å². The van der Waals surface area contributed by atoms with Crippen LogP contribution in [0.1, 0.15) is 18.9 Å². The molecule has 0 saturated carbocycles. The van der Waals surface area contributed by atoms with Crippen molar-refractivity contribution < 1.29 is 18.9 Å². The van der Waals surface area contributed by atoms with Crippen LogP contribution in [0, 0.1) is 0 Å². The molecule has 0 saturated heterocycles. The smallest absolute Gasteiger partial charge is 0.231 e. The van der Waals surface area contributed by atoms with Crippen LogP contribution in [-0.4, -0.2) is 32.7 Å². The summed E-state index contributed by atoms with van der Waals surface area (Å²) in [5.41, 5.74) is 6.68. The minimum absolute atomic E-state index is 0.0850. The van der Waals surface area contributed by atoms with Crippen LogP contribution in [0.25, 0.3) is 0 Å². The van der Waals surface area contributed by atoms with Gasteiger partial charge < -0.3 is 24.7 Å². The fourth-order valence-corrected chi connectivity index (χ4v) is 1.94. The first kappa shape index (κ1) is 14.1. The second-order valence-corrected chi connectivity index (χ2v) is 4.34. The molecule has 2 rings (SSSR count). The summed E-state index contributed by atoms with van der Waals surface area (Å²) in [6.45, 7) is 4.67. The molecule has 0 spiro atoms. The summed E-state index contributed by atoms with van der Waals surface area (Å²) >= 11 is 0. The van der Waals surface area contributed by atoms with Gasteiger partial charge >= 0.3 is 0 Å². The van der Waals surface area contributed by atoms with Gasteiger partial charge in [-0.3, -0.25) is 0 Å². The monoisotopic (exact) mass is 267 g/mol. The maximum atomic E-state index is 5.63. The molecule has 1 aliphatic heterocycles. The van der Waals surface area contributed by atoms with Crippen molar-refractivity contribution in [3.8, 4) is 11.5 Å². The van der Waals surface area contributed by atoms with Gasteiger partial charge in [0.05, 0.1) is 12.7 Å². The molecular weight excluding hydrogens is 246 g/mol. The summed E-state index contributed by atoms with van der Waals surface area (Å²) in [4.78, 5) is 0. The molecule has 0 radical (unpaired) electrons. The van der Waals surface area contributed by atoms with Crippen molar-refractivity contribution in [2.45, 2.75) is 26.1 Å². The summed E-state index contributed by atoms with van der Waals surface area (Å²) in [6.07, 6.45) is 0.899. The van der Waals surface area contributed by atoms with Crippen LogP contribution in [0.5, 0.6) is 11.5 Å². The van der Waals surface area contributed by atoms with Gasteiger partial charge in [0.1, 0.15) is 0 Å². The first-order chi connectivity index (χ1) is 9.33. The van der Waals surface area contributed by atoms with Crippen molar-refractivity contribution >= 4 is 0 Å². The van der Waals surface area contributed by atoms with E-state index in [4.69, 9.17) is 24.7 Å². The zero-order chi connectivity index (χ0) is 13.5. The normalized spacial score (nSPS) is 14.6. The van der Waals surface area contributed by atoms with Crippen LogP contribution in [0.3, 0.4) is 0 Å². The van der Waals surface area contributed by atoms with Crippen LogP contribution < -0.4 is 15.2 Å². The molecule has 5 heteroatoms. The number of rotatable bonds is 8. The van der Waals surface area contributed by atoms with Crippen molar-refractivity contribution in [1.29, 1.82) is 0 Å². The van der Waals surface area contributed by atoms with Gasteiger partial charge in [-0.25, -0.2) is 0 Å². The number of hydrogen-bond donors (Lipinski definition) is 1. The Labute approximate surface area is 113 Å². The Balaban J connectivity index is 1.71. The topological polar surface area (TPSA) is 62.9 Å². The summed E-state index contributed by atoms with van der Waals surface area (Å²) in [5.74, 6) is 1.58. The Morgan fingerprint density at radius 2 is 2.16 bits per heavy atom. The highest BCUT2D eigenvalue weighted by Gasteiger charge is 2.13. The Morgan fingerprint density at radius 1 is 1.32 bits per heavy atom. The van der Waals surface area contributed by atoms with E-state index in [9.17, 15) is 0 Å². The van der Waals surface area contributed by atoms with E-state index in [0.717, 1.165) is 23.5 Å².